The normalized spacial score (nSPS) is 21.6. The van der Waals surface area contributed by atoms with Crippen molar-refractivity contribution in [2.45, 2.75) is 51.9 Å². The Morgan fingerprint density at radius 2 is 2.26 bits per heavy atom. The van der Waals surface area contributed by atoms with Crippen molar-refractivity contribution in [2.75, 3.05) is 18.5 Å². The molecular formula is C19H26N6O2. The van der Waals surface area contributed by atoms with Gasteiger partial charge in [0, 0.05) is 31.5 Å². The number of aromatic nitrogens is 4. The highest BCUT2D eigenvalue weighted by Crippen LogP contribution is 2.30. The summed E-state index contributed by atoms with van der Waals surface area (Å²) in [6, 6.07) is 2.07. The van der Waals surface area contributed by atoms with Crippen LogP contribution in [0, 0.1) is 5.92 Å². The molecule has 0 saturated carbocycles. The van der Waals surface area contributed by atoms with Crippen molar-refractivity contribution in [2.24, 2.45) is 5.92 Å². The third-order valence-corrected chi connectivity index (χ3v) is 5.22. The Kier molecular flexibility index (Phi) is 4.82. The summed E-state index contributed by atoms with van der Waals surface area (Å²) in [5.74, 6) is 1.03. The van der Waals surface area contributed by atoms with E-state index in [1.807, 2.05) is 9.58 Å². The molecule has 0 aromatic carbocycles. The SMILES string of the molecule is CC1(C)C[C@H](C(=O)N2CCn3nc(CNc4cnccn4)cc3C2)CCO1. The van der Waals surface area contributed by atoms with Gasteiger partial charge in [-0.3, -0.25) is 14.5 Å². The molecule has 2 aromatic heterocycles. The molecule has 27 heavy (non-hydrogen) atoms. The zero-order chi connectivity index (χ0) is 18.9. The zero-order valence-electron chi connectivity index (χ0n) is 15.9. The van der Waals surface area contributed by atoms with Crippen molar-refractivity contribution >= 4 is 11.7 Å². The predicted molar refractivity (Wildman–Crippen MR) is 99.8 cm³/mol. The van der Waals surface area contributed by atoms with E-state index < -0.39 is 0 Å². The van der Waals surface area contributed by atoms with Crippen molar-refractivity contribution in [1.29, 1.82) is 0 Å². The van der Waals surface area contributed by atoms with E-state index >= 15 is 0 Å². The van der Waals surface area contributed by atoms with Crippen molar-refractivity contribution in [1.82, 2.24) is 24.6 Å². The molecule has 144 valence electrons. The number of anilines is 1. The summed E-state index contributed by atoms with van der Waals surface area (Å²) < 4.78 is 7.76. The Morgan fingerprint density at radius 1 is 1.37 bits per heavy atom. The highest BCUT2D eigenvalue weighted by atomic mass is 16.5. The summed E-state index contributed by atoms with van der Waals surface area (Å²) in [5.41, 5.74) is 1.81. The molecule has 2 aliphatic heterocycles. The summed E-state index contributed by atoms with van der Waals surface area (Å²) >= 11 is 0. The van der Waals surface area contributed by atoms with Crippen LogP contribution in [0.4, 0.5) is 5.82 Å². The topological polar surface area (TPSA) is 85.2 Å². The fourth-order valence-corrected chi connectivity index (χ4v) is 3.87. The molecule has 8 nitrogen and oxygen atoms in total. The molecule has 4 rings (SSSR count). The van der Waals surface area contributed by atoms with E-state index in [0.717, 1.165) is 36.6 Å². The Labute approximate surface area is 158 Å². The van der Waals surface area contributed by atoms with Gasteiger partial charge in [-0.25, -0.2) is 4.98 Å². The smallest absolute Gasteiger partial charge is 0.226 e. The van der Waals surface area contributed by atoms with E-state index in [0.29, 0.717) is 26.2 Å². The van der Waals surface area contributed by atoms with Crippen molar-refractivity contribution < 1.29 is 9.53 Å². The second-order valence-electron chi connectivity index (χ2n) is 7.85. The molecule has 0 radical (unpaired) electrons. The van der Waals surface area contributed by atoms with E-state index in [2.05, 4.69) is 40.3 Å². The molecule has 4 heterocycles. The zero-order valence-corrected chi connectivity index (χ0v) is 15.9. The lowest BCUT2D eigenvalue weighted by molar-refractivity contribution is -0.146. The average Bonchev–Trinajstić information content (AvgIpc) is 3.08. The molecule has 1 saturated heterocycles. The molecule has 0 spiro atoms. The van der Waals surface area contributed by atoms with Crippen LogP contribution in [0.1, 0.15) is 38.1 Å². The number of hydrogen-bond donors (Lipinski definition) is 1. The van der Waals surface area contributed by atoms with Gasteiger partial charge in [0.1, 0.15) is 5.82 Å². The average molecular weight is 370 g/mol. The molecule has 0 unspecified atom stereocenters. The summed E-state index contributed by atoms with van der Waals surface area (Å²) in [6.07, 6.45) is 6.58. The summed E-state index contributed by atoms with van der Waals surface area (Å²) in [7, 11) is 0. The minimum absolute atomic E-state index is 0.0565. The Hall–Kier alpha value is -2.48. The van der Waals surface area contributed by atoms with Crippen LogP contribution in [-0.2, 0) is 29.2 Å². The molecule has 8 heteroatoms. The quantitative estimate of drug-likeness (QED) is 0.884. The van der Waals surface area contributed by atoms with E-state index in [-0.39, 0.29) is 17.4 Å². The number of rotatable bonds is 4. The maximum Gasteiger partial charge on any atom is 0.226 e. The summed E-state index contributed by atoms with van der Waals surface area (Å²) in [4.78, 5) is 23.2. The lowest BCUT2D eigenvalue weighted by Gasteiger charge is -2.38. The number of nitrogens with zero attached hydrogens (tertiary/aromatic N) is 5. The van der Waals surface area contributed by atoms with Gasteiger partial charge < -0.3 is 15.0 Å². The first-order valence-electron chi connectivity index (χ1n) is 9.48. The number of nitrogens with one attached hydrogen (secondary N) is 1. The van der Waals surface area contributed by atoms with Crippen LogP contribution in [0.3, 0.4) is 0 Å². The van der Waals surface area contributed by atoms with Gasteiger partial charge in [-0.15, -0.1) is 0 Å². The number of carbonyl (C=O) groups is 1. The highest BCUT2D eigenvalue weighted by molar-refractivity contribution is 5.79. The van der Waals surface area contributed by atoms with Crippen LogP contribution in [-0.4, -0.2) is 49.3 Å². The van der Waals surface area contributed by atoms with Crippen molar-refractivity contribution in [3.05, 3.63) is 36.0 Å². The van der Waals surface area contributed by atoms with E-state index in [4.69, 9.17) is 4.74 Å². The maximum absolute atomic E-state index is 13.0. The minimum atomic E-state index is -0.213. The number of carbonyl (C=O) groups excluding carboxylic acids is 1. The van der Waals surface area contributed by atoms with Crippen LogP contribution >= 0.6 is 0 Å². The molecule has 0 bridgehead atoms. The number of hydrogen-bond acceptors (Lipinski definition) is 6. The minimum Gasteiger partial charge on any atom is -0.376 e. The monoisotopic (exact) mass is 370 g/mol. The molecule has 2 aromatic rings. The summed E-state index contributed by atoms with van der Waals surface area (Å²) in [5, 5.41) is 7.86. The van der Waals surface area contributed by atoms with Crippen LogP contribution in [0.2, 0.25) is 0 Å². The number of fused-ring (bicyclic) bond motifs is 1. The fourth-order valence-electron chi connectivity index (χ4n) is 3.87. The fraction of sp³-hybridized carbons (Fsp3) is 0.579. The first-order valence-corrected chi connectivity index (χ1v) is 9.48. The molecule has 1 atom stereocenters. The lowest BCUT2D eigenvalue weighted by atomic mass is 9.87. The third kappa shape index (κ3) is 4.10. The van der Waals surface area contributed by atoms with Gasteiger partial charge in [-0.1, -0.05) is 0 Å². The summed E-state index contributed by atoms with van der Waals surface area (Å²) in [6.45, 7) is 7.44. The Morgan fingerprint density at radius 3 is 3.04 bits per heavy atom. The Bertz CT molecular complexity index is 804. The molecule has 1 fully saturated rings. The highest BCUT2D eigenvalue weighted by Gasteiger charge is 2.36. The first-order chi connectivity index (χ1) is 13.0. The van der Waals surface area contributed by atoms with Gasteiger partial charge in [0.15, 0.2) is 0 Å². The van der Waals surface area contributed by atoms with Gasteiger partial charge in [-0.2, -0.15) is 5.10 Å². The first kappa shape index (κ1) is 17.9. The Balaban J connectivity index is 1.38. The maximum atomic E-state index is 13.0. The van der Waals surface area contributed by atoms with Crippen LogP contribution in [0.15, 0.2) is 24.7 Å². The van der Waals surface area contributed by atoms with Crippen molar-refractivity contribution in [3.8, 4) is 0 Å². The van der Waals surface area contributed by atoms with Gasteiger partial charge in [0.05, 0.1) is 42.8 Å². The molecule has 2 aliphatic rings. The van der Waals surface area contributed by atoms with E-state index in [1.165, 1.54) is 0 Å². The number of amides is 1. The predicted octanol–water partition coefficient (Wildman–Crippen LogP) is 1.83. The van der Waals surface area contributed by atoms with Gasteiger partial charge in [0.2, 0.25) is 5.91 Å². The van der Waals surface area contributed by atoms with E-state index in [1.54, 1.807) is 18.6 Å². The van der Waals surface area contributed by atoms with Gasteiger partial charge in [-0.05, 0) is 32.8 Å². The largest absolute Gasteiger partial charge is 0.376 e. The van der Waals surface area contributed by atoms with Crippen molar-refractivity contribution in [3.63, 3.8) is 0 Å². The second kappa shape index (κ2) is 7.26. The lowest BCUT2D eigenvalue weighted by Crippen LogP contribution is -2.46. The number of ether oxygens (including phenoxy) is 1. The van der Waals surface area contributed by atoms with E-state index in [9.17, 15) is 4.79 Å². The molecule has 1 amide bonds. The molecule has 0 aliphatic carbocycles. The van der Waals surface area contributed by atoms with Crippen LogP contribution in [0.25, 0.3) is 0 Å². The van der Waals surface area contributed by atoms with Gasteiger partial charge in [0.25, 0.3) is 0 Å². The molecule has 1 N–H and O–H groups in total. The van der Waals surface area contributed by atoms with Crippen LogP contribution in [0.5, 0.6) is 0 Å². The third-order valence-electron chi connectivity index (χ3n) is 5.22. The van der Waals surface area contributed by atoms with Gasteiger partial charge >= 0.3 is 0 Å². The molecular weight excluding hydrogens is 344 g/mol. The second-order valence-corrected chi connectivity index (χ2v) is 7.85. The van der Waals surface area contributed by atoms with Crippen LogP contribution < -0.4 is 5.32 Å². The standard InChI is InChI=1S/C19H26N6O2/c1-19(2)10-14(3-8-27-19)18(26)24-6-7-25-16(13-24)9-15(23-25)11-22-17-12-20-4-5-21-17/h4-5,9,12,14H,3,6-8,10-11,13H2,1-2H3,(H,21,22)/t14-/m1/s1.